The van der Waals surface area contributed by atoms with E-state index in [1.807, 2.05) is 59.5 Å². The summed E-state index contributed by atoms with van der Waals surface area (Å²) in [5.74, 6) is 0.0182. The molecule has 0 saturated carbocycles. The molecule has 0 unspecified atom stereocenters. The lowest BCUT2D eigenvalue weighted by Crippen LogP contribution is -2.49. The van der Waals surface area contributed by atoms with Crippen molar-refractivity contribution in [2.45, 2.75) is 6.42 Å². The van der Waals surface area contributed by atoms with Gasteiger partial charge in [0.05, 0.1) is 0 Å². The molecule has 0 bridgehead atoms. The van der Waals surface area contributed by atoms with E-state index in [1.165, 1.54) is 0 Å². The Bertz CT molecular complexity index is 1060. The highest BCUT2D eigenvalue weighted by Gasteiger charge is 2.22. The Kier molecular flexibility index (Phi) is 7.20. The van der Waals surface area contributed by atoms with Crippen molar-refractivity contribution in [2.24, 2.45) is 0 Å². The van der Waals surface area contributed by atoms with Crippen LogP contribution in [0.3, 0.4) is 0 Å². The summed E-state index contributed by atoms with van der Waals surface area (Å²) < 4.78 is 0. The number of nitrogens with one attached hydrogen (secondary N) is 1. The quantitative estimate of drug-likeness (QED) is 0.590. The number of benzene rings is 3. The van der Waals surface area contributed by atoms with E-state index in [9.17, 15) is 9.59 Å². The Labute approximate surface area is 193 Å². The van der Waals surface area contributed by atoms with Crippen LogP contribution in [0.25, 0.3) is 11.1 Å². The van der Waals surface area contributed by atoms with Gasteiger partial charge in [0, 0.05) is 61.0 Å². The number of hydrogen-bond acceptors (Lipinski definition) is 3. The molecular formula is C26H26ClN3O2. The first kappa shape index (κ1) is 22.1. The summed E-state index contributed by atoms with van der Waals surface area (Å²) in [5.41, 5.74) is 3.56. The fraction of sp³-hybridized carbons (Fsp3) is 0.231. The molecule has 6 heteroatoms. The van der Waals surface area contributed by atoms with E-state index < -0.39 is 0 Å². The lowest BCUT2D eigenvalue weighted by molar-refractivity contribution is -0.116. The molecular weight excluding hydrogens is 422 g/mol. The molecule has 1 aliphatic heterocycles. The molecule has 164 valence electrons. The van der Waals surface area contributed by atoms with Gasteiger partial charge in [0.25, 0.3) is 5.91 Å². The van der Waals surface area contributed by atoms with Crippen LogP contribution in [0.1, 0.15) is 16.8 Å². The summed E-state index contributed by atoms with van der Waals surface area (Å²) in [6, 6.07) is 24.9. The van der Waals surface area contributed by atoms with E-state index in [-0.39, 0.29) is 11.8 Å². The summed E-state index contributed by atoms with van der Waals surface area (Å²) in [6.07, 6.45) is 0.411. The van der Waals surface area contributed by atoms with Crippen LogP contribution in [-0.4, -0.2) is 54.3 Å². The molecule has 2 amide bonds. The second kappa shape index (κ2) is 10.4. The summed E-state index contributed by atoms with van der Waals surface area (Å²) in [4.78, 5) is 29.3. The van der Waals surface area contributed by atoms with Crippen LogP contribution >= 0.6 is 11.6 Å². The van der Waals surface area contributed by atoms with Gasteiger partial charge in [0.2, 0.25) is 5.91 Å². The van der Waals surface area contributed by atoms with Gasteiger partial charge < -0.3 is 10.2 Å². The van der Waals surface area contributed by atoms with Gasteiger partial charge in [-0.3, -0.25) is 14.5 Å². The van der Waals surface area contributed by atoms with Crippen molar-refractivity contribution in [3.05, 3.63) is 89.4 Å². The fourth-order valence-electron chi connectivity index (χ4n) is 3.88. The smallest absolute Gasteiger partial charge is 0.253 e. The number of rotatable bonds is 6. The van der Waals surface area contributed by atoms with Crippen molar-refractivity contribution in [1.29, 1.82) is 0 Å². The zero-order chi connectivity index (χ0) is 22.3. The van der Waals surface area contributed by atoms with Gasteiger partial charge >= 0.3 is 0 Å². The van der Waals surface area contributed by atoms with Crippen molar-refractivity contribution in [3.8, 4) is 11.1 Å². The van der Waals surface area contributed by atoms with Gasteiger partial charge in [0.1, 0.15) is 0 Å². The summed E-state index contributed by atoms with van der Waals surface area (Å²) in [5, 5.41) is 3.68. The van der Waals surface area contributed by atoms with Crippen LogP contribution < -0.4 is 5.32 Å². The van der Waals surface area contributed by atoms with Crippen molar-refractivity contribution < 1.29 is 9.59 Å². The molecule has 1 aliphatic rings. The Morgan fingerprint density at radius 1 is 0.812 bits per heavy atom. The van der Waals surface area contributed by atoms with Gasteiger partial charge in [-0.2, -0.15) is 0 Å². The average molecular weight is 448 g/mol. The lowest BCUT2D eigenvalue weighted by atomic mass is 10.0. The molecule has 0 aliphatic carbocycles. The number of carbonyl (C=O) groups excluding carboxylic acids is 2. The second-order valence-electron chi connectivity index (χ2n) is 7.85. The highest BCUT2D eigenvalue weighted by Crippen LogP contribution is 2.27. The standard InChI is InChI=1S/C26H26ClN3O2/c27-22-12-10-21(11-13-22)26(32)30-18-16-29(17-19-30)15-14-25(31)28-24-9-5-4-8-23(24)20-6-2-1-3-7-20/h1-13H,14-19H2,(H,28,31). The Balaban J connectivity index is 1.26. The maximum Gasteiger partial charge on any atom is 0.253 e. The van der Waals surface area contributed by atoms with E-state index in [4.69, 9.17) is 11.6 Å². The fourth-order valence-corrected chi connectivity index (χ4v) is 4.01. The number of hydrogen-bond donors (Lipinski definition) is 1. The van der Waals surface area contributed by atoms with E-state index >= 15 is 0 Å². The third kappa shape index (κ3) is 5.55. The highest BCUT2D eigenvalue weighted by molar-refractivity contribution is 6.30. The minimum atomic E-state index is -0.00643. The topological polar surface area (TPSA) is 52.7 Å². The predicted molar refractivity (Wildman–Crippen MR) is 129 cm³/mol. The van der Waals surface area contributed by atoms with Crippen LogP contribution in [0.15, 0.2) is 78.9 Å². The maximum atomic E-state index is 12.6. The minimum Gasteiger partial charge on any atom is -0.336 e. The molecule has 0 atom stereocenters. The van der Waals surface area contributed by atoms with E-state index in [0.29, 0.717) is 36.6 Å². The second-order valence-corrected chi connectivity index (χ2v) is 8.29. The number of halogens is 1. The van der Waals surface area contributed by atoms with Crippen LogP contribution in [-0.2, 0) is 4.79 Å². The summed E-state index contributed by atoms with van der Waals surface area (Å²) in [6.45, 7) is 3.49. The zero-order valence-corrected chi connectivity index (χ0v) is 18.6. The minimum absolute atomic E-state index is 0.00643. The van der Waals surface area contributed by atoms with Crippen LogP contribution in [0.2, 0.25) is 5.02 Å². The first-order valence-electron chi connectivity index (χ1n) is 10.8. The monoisotopic (exact) mass is 447 g/mol. The number of piperazine rings is 1. The normalized spacial score (nSPS) is 14.2. The van der Waals surface area contributed by atoms with Crippen molar-refractivity contribution in [2.75, 3.05) is 38.0 Å². The molecule has 0 radical (unpaired) electrons. The SMILES string of the molecule is O=C(CCN1CCN(C(=O)c2ccc(Cl)cc2)CC1)Nc1ccccc1-c1ccccc1. The molecule has 32 heavy (non-hydrogen) atoms. The maximum absolute atomic E-state index is 12.6. The van der Waals surface area contributed by atoms with Gasteiger partial charge in [-0.25, -0.2) is 0 Å². The zero-order valence-electron chi connectivity index (χ0n) is 17.8. The third-order valence-corrected chi connectivity index (χ3v) is 5.94. The lowest BCUT2D eigenvalue weighted by Gasteiger charge is -2.34. The van der Waals surface area contributed by atoms with E-state index in [1.54, 1.807) is 24.3 Å². The first-order valence-corrected chi connectivity index (χ1v) is 11.2. The van der Waals surface area contributed by atoms with Crippen LogP contribution in [0.4, 0.5) is 5.69 Å². The van der Waals surface area contributed by atoms with Gasteiger partial charge in [0.15, 0.2) is 0 Å². The van der Waals surface area contributed by atoms with E-state index in [2.05, 4.69) is 10.2 Å². The summed E-state index contributed by atoms with van der Waals surface area (Å²) >= 11 is 5.91. The number of amides is 2. The van der Waals surface area contributed by atoms with Crippen molar-refractivity contribution >= 4 is 29.1 Å². The average Bonchev–Trinajstić information content (AvgIpc) is 2.84. The van der Waals surface area contributed by atoms with Gasteiger partial charge in [-0.15, -0.1) is 0 Å². The highest BCUT2D eigenvalue weighted by atomic mass is 35.5. The number of nitrogens with zero attached hydrogens (tertiary/aromatic N) is 2. The van der Waals surface area contributed by atoms with Crippen molar-refractivity contribution in [1.82, 2.24) is 9.80 Å². The molecule has 3 aromatic rings. The van der Waals surface area contributed by atoms with Gasteiger partial charge in [-0.1, -0.05) is 60.1 Å². The molecule has 1 heterocycles. The number of para-hydroxylation sites is 1. The van der Waals surface area contributed by atoms with Gasteiger partial charge in [-0.05, 0) is 35.9 Å². The molecule has 1 saturated heterocycles. The predicted octanol–water partition coefficient (Wildman–Crippen LogP) is 4.79. The van der Waals surface area contributed by atoms with Crippen LogP contribution in [0, 0.1) is 0 Å². The van der Waals surface area contributed by atoms with Crippen LogP contribution in [0.5, 0.6) is 0 Å². The largest absolute Gasteiger partial charge is 0.336 e. The molecule has 3 aromatic carbocycles. The Morgan fingerprint density at radius 2 is 1.47 bits per heavy atom. The Morgan fingerprint density at radius 3 is 2.19 bits per heavy atom. The molecule has 1 fully saturated rings. The Hall–Kier alpha value is -3.15. The molecule has 4 rings (SSSR count). The number of anilines is 1. The molecule has 0 spiro atoms. The molecule has 0 aromatic heterocycles. The number of carbonyl (C=O) groups is 2. The molecule has 1 N–H and O–H groups in total. The third-order valence-electron chi connectivity index (χ3n) is 5.69. The summed E-state index contributed by atoms with van der Waals surface area (Å²) in [7, 11) is 0. The van der Waals surface area contributed by atoms with E-state index in [0.717, 1.165) is 29.9 Å². The first-order chi connectivity index (χ1) is 15.6. The van der Waals surface area contributed by atoms with Crippen molar-refractivity contribution in [3.63, 3.8) is 0 Å². The molecule has 5 nitrogen and oxygen atoms in total.